The molecule has 1 aromatic carbocycles. The maximum atomic E-state index is 12.1. The summed E-state index contributed by atoms with van der Waals surface area (Å²) in [4.78, 5) is 8.47. The van der Waals surface area contributed by atoms with Gasteiger partial charge in [-0.25, -0.2) is 17.7 Å². The average Bonchev–Trinajstić information content (AvgIpc) is 2.74. The lowest BCUT2D eigenvalue weighted by atomic mass is 10.0. The van der Waals surface area contributed by atoms with Crippen molar-refractivity contribution in [3.63, 3.8) is 0 Å². The van der Waals surface area contributed by atoms with Crippen LogP contribution >= 0.6 is 11.6 Å². The SMILES string of the molecule is CCS(=O)(=O)N1CCC(Nc2cc(-c3ccc(Cl)nc3)cc3ccncc23)CC1. The lowest BCUT2D eigenvalue weighted by Gasteiger charge is -2.32. The molecule has 29 heavy (non-hydrogen) atoms. The van der Waals surface area contributed by atoms with Gasteiger partial charge in [-0.1, -0.05) is 11.6 Å². The summed E-state index contributed by atoms with van der Waals surface area (Å²) in [6.45, 7) is 2.78. The van der Waals surface area contributed by atoms with Gasteiger partial charge in [-0.3, -0.25) is 4.98 Å². The van der Waals surface area contributed by atoms with Gasteiger partial charge in [0, 0.05) is 54.4 Å². The van der Waals surface area contributed by atoms with E-state index in [-0.39, 0.29) is 11.8 Å². The molecule has 3 heterocycles. The van der Waals surface area contributed by atoms with Gasteiger partial charge in [0.25, 0.3) is 0 Å². The van der Waals surface area contributed by atoms with Gasteiger partial charge in [-0.2, -0.15) is 0 Å². The molecule has 0 aliphatic carbocycles. The van der Waals surface area contributed by atoms with Crippen LogP contribution in [-0.4, -0.2) is 47.6 Å². The Hall–Kier alpha value is -2.22. The van der Waals surface area contributed by atoms with Gasteiger partial charge in [-0.15, -0.1) is 0 Å². The molecule has 1 aliphatic heterocycles. The van der Waals surface area contributed by atoms with Gasteiger partial charge in [0.2, 0.25) is 10.0 Å². The first kappa shape index (κ1) is 20.1. The normalized spacial score (nSPS) is 16.2. The molecule has 0 saturated carbocycles. The minimum atomic E-state index is -3.12. The highest BCUT2D eigenvalue weighted by Crippen LogP contribution is 2.32. The van der Waals surface area contributed by atoms with Gasteiger partial charge in [0.15, 0.2) is 0 Å². The number of nitrogens with zero attached hydrogens (tertiary/aromatic N) is 3. The van der Waals surface area contributed by atoms with Crippen LogP contribution in [-0.2, 0) is 10.0 Å². The molecule has 152 valence electrons. The second-order valence-corrected chi connectivity index (χ2v) is 9.85. The number of pyridine rings is 2. The number of halogens is 1. The highest BCUT2D eigenvalue weighted by Gasteiger charge is 2.26. The van der Waals surface area contributed by atoms with Crippen LogP contribution in [0.3, 0.4) is 0 Å². The van der Waals surface area contributed by atoms with E-state index in [0.717, 1.165) is 40.4 Å². The zero-order chi connectivity index (χ0) is 20.4. The van der Waals surface area contributed by atoms with E-state index in [0.29, 0.717) is 18.2 Å². The Kier molecular flexibility index (Phi) is 5.72. The third-order valence-corrected chi connectivity index (χ3v) is 7.49. The Labute approximate surface area is 176 Å². The zero-order valence-corrected chi connectivity index (χ0v) is 17.7. The molecule has 3 aromatic rings. The molecule has 8 heteroatoms. The fourth-order valence-electron chi connectivity index (χ4n) is 3.71. The predicted molar refractivity (Wildman–Crippen MR) is 118 cm³/mol. The van der Waals surface area contributed by atoms with Crippen LogP contribution in [0, 0.1) is 0 Å². The van der Waals surface area contributed by atoms with E-state index in [9.17, 15) is 8.42 Å². The zero-order valence-electron chi connectivity index (χ0n) is 16.2. The van der Waals surface area contributed by atoms with Crippen molar-refractivity contribution >= 4 is 38.1 Å². The summed E-state index contributed by atoms with van der Waals surface area (Å²) < 4.78 is 25.8. The largest absolute Gasteiger partial charge is 0.382 e. The van der Waals surface area contributed by atoms with Crippen molar-refractivity contribution in [2.45, 2.75) is 25.8 Å². The summed E-state index contributed by atoms with van der Waals surface area (Å²) in [6.07, 6.45) is 6.95. The second kappa shape index (κ2) is 8.26. The van der Waals surface area contributed by atoms with Crippen LogP contribution in [0.2, 0.25) is 5.15 Å². The lowest BCUT2D eigenvalue weighted by Crippen LogP contribution is -2.42. The summed E-state index contributed by atoms with van der Waals surface area (Å²) in [5, 5.41) is 6.22. The topological polar surface area (TPSA) is 75.2 Å². The van der Waals surface area contributed by atoms with E-state index < -0.39 is 10.0 Å². The smallest absolute Gasteiger partial charge is 0.213 e. The van der Waals surface area contributed by atoms with E-state index in [1.165, 1.54) is 0 Å². The Morgan fingerprint density at radius 2 is 1.93 bits per heavy atom. The van der Waals surface area contributed by atoms with E-state index in [2.05, 4.69) is 27.4 Å². The van der Waals surface area contributed by atoms with Gasteiger partial charge >= 0.3 is 0 Å². The average molecular weight is 431 g/mol. The van der Waals surface area contributed by atoms with Crippen molar-refractivity contribution in [3.05, 3.63) is 54.1 Å². The fraction of sp³-hybridized carbons (Fsp3) is 0.333. The Morgan fingerprint density at radius 1 is 1.14 bits per heavy atom. The third kappa shape index (κ3) is 4.37. The molecule has 2 aromatic heterocycles. The summed E-state index contributed by atoms with van der Waals surface area (Å²) >= 11 is 5.93. The Balaban J connectivity index is 1.61. The minimum Gasteiger partial charge on any atom is -0.382 e. The van der Waals surface area contributed by atoms with E-state index in [1.807, 2.05) is 18.3 Å². The molecular weight excluding hydrogens is 408 g/mol. The quantitative estimate of drug-likeness (QED) is 0.614. The summed E-state index contributed by atoms with van der Waals surface area (Å²) in [5.74, 6) is 0.151. The number of piperidine rings is 1. The van der Waals surface area contributed by atoms with Crippen molar-refractivity contribution in [2.75, 3.05) is 24.2 Å². The molecule has 1 saturated heterocycles. The van der Waals surface area contributed by atoms with E-state index in [1.54, 1.807) is 29.7 Å². The molecule has 0 unspecified atom stereocenters. The molecule has 1 aliphatic rings. The molecule has 1 N–H and O–H groups in total. The fourth-order valence-corrected chi connectivity index (χ4v) is 4.96. The van der Waals surface area contributed by atoms with Crippen LogP contribution in [0.1, 0.15) is 19.8 Å². The van der Waals surface area contributed by atoms with Crippen LogP contribution in [0.25, 0.3) is 21.9 Å². The highest BCUT2D eigenvalue weighted by atomic mass is 35.5. The van der Waals surface area contributed by atoms with Crippen LogP contribution in [0.4, 0.5) is 5.69 Å². The second-order valence-electron chi connectivity index (χ2n) is 7.21. The molecule has 0 spiro atoms. The summed E-state index contributed by atoms with van der Waals surface area (Å²) in [5.41, 5.74) is 3.03. The van der Waals surface area contributed by atoms with Crippen molar-refractivity contribution in [1.82, 2.24) is 14.3 Å². The number of hydrogen-bond donors (Lipinski definition) is 1. The molecular formula is C21H23ClN4O2S. The maximum Gasteiger partial charge on any atom is 0.213 e. The van der Waals surface area contributed by atoms with Crippen molar-refractivity contribution < 1.29 is 8.42 Å². The molecule has 4 rings (SSSR count). The Morgan fingerprint density at radius 3 is 2.62 bits per heavy atom. The van der Waals surface area contributed by atoms with Gasteiger partial charge in [0.05, 0.1) is 5.75 Å². The predicted octanol–water partition coefficient (Wildman–Crippen LogP) is 4.18. The number of hydrogen-bond acceptors (Lipinski definition) is 5. The van der Waals surface area contributed by atoms with Crippen molar-refractivity contribution in [2.24, 2.45) is 0 Å². The molecule has 6 nitrogen and oxygen atoms in total. The summed E-state index contributed by atoms with van der Waals surface area (Å²) in [6, 6.07) is 10.2. The van der Waals surface area contributed by atoms with Gasteiger partial charge in [0.1, 0.15) is 5.15 Å². The van der Waals surface area contributed by atoms with Gasteiger partial charge in [-0.05, 0) is 61.0 Å². The highest BCUT2D eigenvalue weighted by molar-refractivity contribution is 7.89. The number of fused-ring (bicyclic) bond motifs is 1. The molecule has 0 atom stereocenters. The number of benzene rings is 1. The molecule has 0 radical (unpaired) electrons. The lowest BCUT2D eigenvalue weighted by molar-refractivity contribution is 0.330. The van der Waals surface area contributed by atoms with Crippen LogP contribution in [0.15, 0.2) is 48.9 Å². The first-order valence-electron chi connectivity index (χ1n) is 9.70. The third-order valence-electron chi connectivity index (χ3n) is 5.39. The minimum absolute atomic E-state index is 0.151. The first-order valence-corrected chi connectivity index (χ1v) is 11.7. The number of aromatic nitrogens is 2. The molecule has 0 bridgehead atoms. The number of rotatable bonds is 5. The van der Waals surface area contributed by atoms with E-state index in [4.69, 9.17) is 11.6 Å². The first-order chi connectivity index (χ1) is 14.0. The monoisotopic (exact) mass is 430 g/mol. The van der Waals surface area contributed by atoms with Crippen LogP contribution in [0.5, 0.6) is 0 Å². The molecule has 1 fully saturated rings. The number of anilines is 1. The Bertz CT molecular complexity index is 1110. The standard InChI is InChI=1S/C21H23ClN4O2S/c1-2-29(27,28)26-9-6-18(7-10-26)25-20-12-17(16-3-4-21(22)24-13-16)11-15-5-8-23-14-19(15)20/h3-5,8,11-14,18,25H,2,6-7,9-10H2,1H3. The van der Waals surface area contributed by atoms with Crippen molar-refractivity contribution in [1.29, 1.82) is 0 Å². The van der Waals surface area contributed by atoms with Crippen molar-refractivity contribution in [3.8, 4) is 11.1 Å². The number of nitrogens with one attached hydrogen (secondary N) is 1. The summed E-state index contributed by atoms with van der Waals surface area (Å²) in [7, 11) is -3.12. The van der Waals surface area contributed by atoms with Gasteiger partial charge < -0.3 is 5.32 Å². The van der Waals surface area contributed by atoms with E-state index >= 15 is 0 Å². The number of sulfonamides is 1. The van der Waals surface area contributed by atoms with Crippen LogP contribution < -0.4 is 5.32 Å². The molecule has 0 amide bonds. The maximum absolute atomic E-state index is 12.1.